The van der Waals surface area contributed by atoms with Crippen LogP contribution in [0.25, 0.3) is 11.1 Å². The van der Waals surface area contributed by atoms with E-state index in [0.29, 0.717) is 61.7 Å². The summed E-state index contributed by atoms with van der Waals surface area (Å²) in [7, 11) is 1.31. The number of hydrogen-bond donors (Lipinski definition) is 3. The standard InChI is InChI=1S/C29H35ClN4O5/c1-19-7-3-8-20(15-19)26-23(10-4-11-24(26)30)29(37,12-6-13-32-28(36)38-2)21-9-5-14-34(18-21)27(35)25-16-22(17-31)39-33-25/h3-4,7-8,10-11,15-16,21,37H,5-6,9,12-14,17-18,31H2,1-2H3,(H,32,36)/t21-,29+/m1/s1. The maximum atomic E-state index is 13.3. The van der Waals surface area contributed by atoms with E-state index in [-0.39, 0.29) is 24.1 Å². The van der Waals surface area contributed by atoms with Crippen LogP contribution < -0.4 is 11.1 Å². The average molecular weight is 555 g/mol. The fraction of sp³-hybridized carbons (Fsp3) is 0.414. The first-order valence-corrected chi connectivity index (χ1v) is 13.5. The Morgan fingerprint density at radius 1 is 1.28 bits per heavy atom. The van der Waals surface area contributed by atoms with E-state index < -0.39 is 11.7 Å². The molecule has 0 aliphatic carbocycles. The number of nitrogens with one attached hydrogen (secondary N) is 1. The fourth-order valence-electron chi connectivity index (χ4n) is 5.38. The van der Waals surface area contributed by atoms with Crippen LogP contribution in [-0.2, 0) is 16.9 Å². The van der Waals surface area contributed by atoms with Gasteiger partial charge in [-0.2, -0.15) is 0 Å². The molecule has 2 heterocycles. The van der Waals surface area contributed by atoms with Gasteiger partial charge < -0.3 is 30.3 Å². The largest absolute Gasteiger partial charge is 0.453 e. The number of aryl methyl sites for hydroxylation is 1. The van der Waals surface area contributed by atoms with Crippen molar-refractivity contribution in [1.82, 2.24) is 15.4 Å². The molecule has 2 atom stereocenters. The van der Waals surface area contributed by atoms with Gasteiger partial charge in [-0.05, 0) is 49.8 Å². The molecule has 1 aliphatic rings. The quantitative estimate of drug-likeness (QED) is 0.328. The Hall–Kier alpha value is -3.40. The molecule has 3 aromatic rings. The van der Waals surface area contributed by atoms with E-state index in [1.807, 2.05) is 49.4 Å². The van der Waals surface area contributed by atoms with Gasteiger partial charge in [-0.25, -0.2) is 4.79 Å². The Bertz CT molecular complexity index is 1310. The molecule has 208 valence electrons. The number of halogens is 1. The number of likely N-dealkylation sites (tertiary alicyclic amines) is 1. The minimum Gasteiger partial charge on any atom is -0.453 e. The van der Waals surface area contributed by atoms with Crippen molar-refractivity contribution >= 4 is 23.6 Å². The molecule has 1 fully saturated rings. The maximum absolute atomic E-state index is 13.3. The summed E-state index contributed by atoms with van der Waals surface area (Å²) in [4.78, 5) is 26.6. The first-order chi connectivity index (χ1) is 18.8. The monoisotopic (exact) mass is 554 g/mol. The van der Waals surface area contributed by atoms with Gasteiger partial charge in [-0.3, -0.25) is 4.79 Å². The summed E-state index contributed by atoms with van der Waals surface area (Å²) >= 11 is 6.78. The third kappa shape index (κ3) is 6.43. The third-order valence-corrected chi connectivity index (χ3v) is 7.65. The van der Waals surface area contributed by atoms with Crippen molar-refractivity contribution in [2.24, 2.45) is 11.7 Å². The molecule has 1 aromatic heterocycles. The van der Waals surface area contributed by atoms with Crippen LogP contribution in [0.5, 0.6) is 0 Å². The van der Waals surface area contributed by atoms with Gasteiger partial charge in [0.1, 0.15) is 0 Å². The first-order valence-electron chi connectivity index (χ1n) is 13.1. The van der Waals surface area contributed by atoms with Gasteiger partial charge in [0.15, 0.2) is 11.5 Å². The Morgan fingerprint density at radius 2 is 2.08 bits per heavy atom. The summed E-state index contributed by atoms with van der Waals surface area (Å²) in [6, 6.07) is 15.1. The van der Waals surface area contributed by atoms with Crippen molar-refractivity contribution < 1.29 is 24.0 Å². The number of carbonyl (C=O) groups excluding carboxylic acids is 2. The van der Waals surface area contributed by atoms with Gasteiger partial charge in [0, 0.05) is 42.2 Å². The fourth-order valence-corrected chi connectivity index (χ4v) is 5.67. The molecule has 2 amide bonds. The summed E-state index contributed by atoms with van der Waals surface area (Å²) in [5, 5.41) is 19.7. The van der Waals surface area contributed by atoms with Gasteiger partial charge in [-0.1, -0.05) is 58.7 Å². The van der Waals surface area contributed by atoms with Crippen LogP contribution in [0.1, 0.15) is 53.1 Å². The molecule has 0 spiro atoms. The van der Waals surface area contributed by atoms with Gasteiger partial charge in [0.25, 0.3) is 5.91 Å². The van der Waals surface area contributed by atoms with Crippen molar-refractivity contribution in [3.05, 3.63) is 76.1 Å². The van der Waals surface area contributed by atoms with E-state index in [0.717, 1.165) is 16.7 Å². The molecule has 0 saturated carbocycles. The van der Waals surface area contributed by atoms with Crippen LogP contribution in [0.4, 0.5) is 4.79 Å². The molecule has 0 unspecified atom stereocenters. The second-order valence-electron chi connectivity index (χ2n) is 9.95. The van der Waals surface area contributed by atoms with E-state index >= 15 is 0 Å². The van der Waals surface area contributed by atoms with Crippen LogP contribution in [0.15, 0.2) is 53.1 Å². The number of alkyl carbamates (subject to hydrolysis) is 1. The second-order valence-corrected chi connectivity index (χ2v) is 10.4. The molecule has 1 aliphatic heterocycles. The number of benzene rings is 2. The number of nitrogens with zero attached hydrogens (tertiary/aromatic N) is 2. The van der Waals surface area contributed by atoms with Gasteiger partial charge in [0.05, 0.1) is 19.3 Å². The second kappa shape index (κ2) is 12.6. The average Bonchev–Trinajstić information content (AvgIpc) is 3.44. The Balaban J connectivity index is 1.70. The molecule has 0 bridgehead atoms. The van der Waals surface area contributed by atoms with Crippen LogP contribution in [0.2, 0.25) is 5.02 Å². The smallest absolute Gasteiger partial charge is 0.406 e. The number of rotatable bonds is 9. The lowest BCUT2D eigenvalue weighted by Gasteiger charge is -2.43. The Morgan fingerprint density at radius 3 is 2.79 bits per heavy atom. The summed E-state index contributed by atoms with van der Waals surface area (Å²) in [5.74, 6) is -0.123. The maximum Gasteiger partial charge on any atom is 0.406 e. The molecule has 4 rings (SSSR count). The Labute approximate surface area is 233 Å². The number of nitrogens with two attached hydrogens (primary N) is 1. The number of amides is 2. The third-order valence-electron chi connectivity index (χ3n) is 7.34. The van der Waals surface area contributed by atoms with E-state index in [2.05, 4.69) is 15.2 Å². The molecule has 1 saturated heterocycles. The van der Waals surface area contributed by atoms with Crippen molar-refractivity contribution in [2.45, 2.75) is 44.8 Å². The number of piperidine rings is 1. The number of carbonyl (C=O) groups is 2. The van der Waals surface area contributed by atoms with E-state index in [1.165, 1.54) is 7.11 Å². The minimum absolute atomic E-state index is 0.152. The predicted molar refractivity (Wildman–Crippen MR) is 148 cm³/mol. The van der Waals surface area contributed by atoms with Crippen molar-refractivity contribution in [2.75, 3.05) is 26.7 Å². The zero-order valence-electron chi connectivity index (χ0n) is 22.3. The first kappa shape index (κ1) is 28.6. The predicted octanol–water partition coefficient (Wildman–Crippen LogP) is 4.64. The highest BCUT2D eigenvalue weighted by molar-refractivity contribution is 6.33. The van der Waals surface area contributed by atoms with Crippen LogP contribution in [0, 0.1) is 12.8 Å². The molecular formula is C29H35ClN4O5. The number of aromatic nitrogens is 1. The van der Waals surface area contributed by atoms with Crippen molar-refractivity contribution in [3.8, 4) is 11.1 Å². The molecule has 39 heavy (non-hydrogen) atoms. The zero-order chi connectivity index (χ0) is 28.0. The molecule has 2 aromatic carbocycles. The summed E-state index contributed by atoms with van der Waals surface area (Å²) in [6.07, 6.45) is 1.71. The van der Waals surface area contributed by atoms with Crippen molar-refractivity contribution in [1.29, 1.82) is 0 Å². The number of aliphatic hydroxyl groups is 1. The highest BCUT2D eigenvalue weighted by Crippen LogP contribution is 2.45. The highest BCUT2D eigenvalue weighted by Gasteiger charge is 2.43. The van der Waals surface area contributed by atoms with Gasteiger partial charge >= 0.3 is 6.09 Å². The summed E-state index contributed by atoms with van der Waals surface area (Å²) in [5.41, 5.74) is 7.92. The molecular weight excluding hydrogens is 520 g/mol. The van der Waals surface area contributed by atoms with Crippen LogP contribution in [-0.4, -0.2) is 53.9 Å². The summed E-state index contributed by atoms with van der Waals surface area (Å²) < 4.78 is 9.82. The normalized spacial score (nSPS) is 16.9. The number of methoxy groups -OCH3 is 1. The topological polar surface area (TPSA) is 131 Å². The lowest BCUT2D eigenvalue weighted by atomic mass is 9.72. The summed E-state index contributed by atoms with van der Waals surface area (Å²) in [6.45, 7) is 3.35. The van der Waals surface area contributed by atoms with Crippen LogP contribution in [0.3, 0.4) is 0 Å². The van der Waals surface area contributed by atoms with Crippen LogP contribution >= 0.6 is 11.6 Å². The molecule has 10 heteroatoms. The number of hydrogen-bond acceptors (Lipinski definition) is 7. The van der Waals surface area contributed by atoms with E-state index in [1.54, 1.807) is 11.0 Å². The molecule has 9 nitrogen and oxygen atoms in total. The lowest BCUT2D eigenvalue weighted by molar-refractivity contribution is -0.0564. The van der Waals surface area contributed by atoms with E-state index in [4.69, 9.17) is 21.9 Å². The number of ether oxygens (including phenoxy) is 1. The van der Waals surface area contributed by atoms with Gasteiger partial charge in [0.2, 0.25) is 0 Å². The van der Waals surface area contributed by atoms with E-state index in [9.17, 15) is 14.7 Å². The molecule has 4 N–H and O–H groups in total. The Kier molecular flexibility index (Phi) is 9.27. The van der Waals surface area contributed by atoms with Gasteiger partial charge in [-0.15, -0.1) is 0 Å². The minimum atomic E-state index is -1.34. The molecule has 0 radical (unpaired) electrons. The van der Waals surface area contributed by atoms with Crippen molar-refractivity contribution in [3.63, 3.8) is 0 Å². The SMILES string of the molecule is COC(=O)NCCC[C@@](O)(c1cccc(Cl)c1-c1cccc(C)c1)[C@@H]1CCCN(C(=O)c2cc(CN)on2)C1. The highest BCUT2D eigenvalue weighted by atomic mass is 35.5. The zero-order valence-corrected chi connectivity index (χ0v) is 23.0. The lowest BCUT2D eigenvalue weighted by Crippen LogP contribution is -2.48.